The van der Waals surface area contributed by atoms with E-state index in [4.69, 9.17) is 9.88 Å². The molecule has 0 saturated heterocycles. The molecule has 0 radical (unpaired) electrons. The highest BCUT2D eigenvalue weighted by molar-refractivity contribution is 7.89. The minimum atomic E-state index is -3.86. The van der Waals surface area contributed by atoms with E-state index in [9.17, 15) is 13.2 Å². The monoisotopic (exact) mass is 384 g/mol. The molecule has 0 atom stereocenters. The lowest BCUT2D eigenvalue weighted by atomic mass is 10.1. The van der Waals surface area contributed by atoms with Gasteiger partial charge in [-0.05, 0) is 59.2 Å². The molecule has 140 valence electrons. The molecule has 0 aliphatic carbocycles. The lowest BCUT2D eigenvalue weighted by Crippen LogP contribution is -2.24. The van der Waals surface area contributed by atoms with E-state index in [-0.39, 0.29) is 16.4 Å². The van der Waals surface area contributed by atoms with Gasteiger partial charge in [0.1, 0.15) is 5.75 Å². The fourth-order valence-corrected chi connectivity index (χ4v) is 3.35. The van der Waals surface area contributed by atoms with Crippen LogP contribution >= 0.6 is 0 Å². The molecule has 7 heteroatoms. The van der Waals surface area contributed by atoms with Crippen molar-refractivity contribution in [3.05, 3.63) is 71.3 Å². The van der Waals surface area contributed by atoms with Crippen LogP contribution in [0.2, 0.25) is 0 Å². The first-order valence-electron chi connectivity index (χ1n) is 8.26. The van der Waals surface area contributed by atoms with E-state index in [1.54, 1.807) is 20.1 Å². The number of benzene rings is 3. The summed E-state index contributed by atoms with van der Waals surface area (Å²) in [7, 11) is -2.24. The Labute approximate surface area is 158 Å². The first-order chi connectivity index (χ1) is 12.8. The van der Waals surface area contributed by atoms with Crippen molar-refractivity contribution >= 4 is 26.7 Å². The third kappa shape index (κ3) is 4.27. The largest absolute Gasteiger partial charge is 0.497 e. The number of amides is 1. The second kappa shape index (κ2) is 7.38. The van der Waals surface area contributed by atoms with Crippen molar-refractivity contribution in [3.63, 3.8) is 0 Å². The minimum Gasteiger partial charge on any atom is -0.497 e. The summed E-state index contributed by atoms with van der Waals surface area (Å²) in [5, 5.41) is 10.0. The molecular weight excluding hydrogens is 364 g/mol. The second-order valence-electron chi connectivity index (χ2n) is 6.25. The molecule has 0 fully saturated rings. The number of hydrogen-bond acceptors (Lipinski definition) is 4. The van der Waals surface area contributed by atoms with Gasteiger partial charge in [0.2, 0.25) is 10.0 Å². The Morgan fingerprint density at radius 2 is 1.74 bits per heavy atom. The van der Waals surface area contributed by atoms with E-state index in [0.29, 0.717) is 12.1 Å². The number of carbonyl (C=O) groups is 1. The molecule has 27 heavy (non-hydrogen) atoms. The number of rotatable bonds is 5. The molecule has 0 spiro atoms. The number of ether oxygens (including phenoxy) is 1. The topological polar surface area (TPSA) is 98.5 Å². The molecule has 6 nitrogen and oxygen atoms in total. The first-order valence-corrected chi connectivity index (χ1v) is 9.81. The molecular formula is C20H20N2O4S. The molecule has 0 saturated carbocycles. The summed E-state index contributed by atoms with van der Waals surface area (Å²) in [6.07, 6.45) is 0. The van der Waals surface area contributed by atoms with Crippen molar-refractivity contribution in [1.82, 2.24) is 5.32 Å². The van der Waals surface area contributed by atoms with Gasteiger partial charge < -0.3 is 10.1 Å². The summed E-state index contributed by atoms with van der Waals surface area (Å²) in [6.45, 7) is 2.06. The second-order valence-corrected chi connectivity index (χ2v) is 7.81. The van der Waals surface area contributed by atoms with Crippen LogP contribution in [0.3, 0.4) is 0 Å². The van der Waals surface area contributed by atoms with Crippen molar-refractivity contribution in [3.8, 4) is 5.75 Å². The standard InChI is InChI=1S/C20H20N2O4S/c1-13-3-8-18(27(21,24)25)11-19(13)20(23)22-12-14-4-5-16-10-17(26-2)7-6-15(16)9-14/h3-11H,12H2,1-2H3,(H,22,23)(H2,21,24,25). The van der Waals surface area contributed by atoms with Gasteiger partial charge in [0.05, 0.1) is 12.0 Å². The van der Waals surface area contributed by atoms with Gasteiger partial charge in [0, 0.05) is 12.1 Å². The summed E-state index contributed by atoms with van der Waals surface area (Å²) in [5.41, 5.74) is 1.89. The van der Waals surface area contributed by atoms with Crippen LogP contribution in [0.15, 0.2) is 59.5 Å². The van der Waals surface area contributed by atoms with Crippen LogP contribution in [-0.2, 0) is 16.6 Å². The molecule has 0 aliphatic rings. The van der Waals surface area contributed by atoms with Crippen molar-refractivity contribution in [2.45, 2.75) is 18.4 Å². The maximum absolute atomic E-state index is 12.5. The fourth-order valence-electron chi connectivity index (χ4n) is 2.81. The highest BCUT2D eigenvalue weighted by Crippen LogP contribution is 2.22. The number of sulfonamides is 1. The molecule has 0 heterocycles. The Kier molecular flexibility index (Phi) is 5.16. The maximum Gasteiger partial charge on any atom is 0.251 e. The third-order valence-electron chi connectivity index (χ3n) is 4.35. The highest BCUT2D eigenvalue weighted by atomic mass is 32.2. The lowest BCUT2D eigenvalue weighted by molar-refractivity contribution is 0.0950. The Morgan fingerprint density at radius 3 is 2.44 bits per heavy atom. The minimum absolute atomic E-state index is 0.0853. The molecule has 0 unspecified atom stereocenters. The van der Waals surface area contributed by atoms with Crippen LogP contribution in [0.4, 0.5) is 0 Å². The van der Waals surface area contributed by atoms with Gasteiger partial charge in [-0.3, -0.25) is 4.79 Å². The Morgan fingerprint density at radius 1 is 1.04 bits per heavy atom. The smallest absolute Gasteiger partial charge is 0.251 e. The quantitative estimate of drug-likeness (QED) is 0.707. The van der Waals surface area contributed by atoms with E-state index < -0.39 is 10.0 Å². The van der Waals surface area contributed by atoms with E-state index in [2.05, 4.69) is 5.32 Å². The van der Waals surface area contributed by atoms with E-state index in [1.165, 1.54) is 12.1 Å². The number of hydrogen-bond donors (Lipinski definition) is 2. The number of aryl methyl sites for hydroxylation is 1. The van der Waals surface area contributed by atoms with Gasteiger partial charge in [-0.25, -0.2) is 13.6 Å². The number of carbonyl (C=O) groups excluding carboxylic acids is 1. The predicted molar refractivity (Wildman–Crippen MR) is 104 cm³/mol. The zero-order valence-corrected chi connectivity index (χ0v) is 15.8. The molecule has 0 aliphatic heterocycles. The maximum atomic E-state index is 12.5. The number of nitrogens with two attached hydrogens (primary N) is 1. The van der Waals surface area contributed by atoms with Crippen molar-refractivity contribution in [2.24, 2.45) is 5.14 Å². The van der Waals surface area contributed by atoms with Crippen LogP contribution in [0.5, 0.6) is 5.75 Å². The third-order valence-corrected chi connectivity index (χ3v) is 5.26. The van der Waals surface area contributed by atoms with Crippen molar-refractivity contribution in [2.75, 3.05) is 7.11 Å². The van der Waals surface area contributed by atoms with E-state index in [0.717, 1.165) is 22.1 Å². The van der Waals surface area contributed by atoms with Crippen molar-refractivity contribution < 1.29 is 17.9 Å². The number of nitrogens with one attached hydrogen (secondary N) is 1. The van der Waals surface area contributed by atoms with Crippen LogP contribution in [0.25, 0.3) is 10.8 Å². The number of primary sulfonamides is 1. The summed E-state index contributed by atoms with van der Waals surface area (Å²) in [4.78, 5) is 12.4. The van der Waals surface area contributed by atoms with Crippen LogP contribution in [-0.4, -0.2) is 21.4 Å². The molecule has 0 aromatic heterocycles. The van der Waals surface area contributed by atoms with Gasteiger partial charge in [-0.15, -0.1) is 0 Å². The summed E-state index contributed by atoms with van der Waals surface area (Å²) < 4.78 is 28.2. The van der Waals surface area contributed by atoms with Gasteiger partial charge >= 0.3 is 0 Å². The SMILES string of the molecule is COc1ccc2cc(CNC(=O)c3cc(S(N)(=O)=O)ccc3C)ccc2c1. The first kappa shape index (κ1) is 18.9. The summed E-state index contributed by atoms with van der Waals surface area (Å²) in [5.74, 6) is 0.432. The van der Waals surface area contributed by atoms with Gasteiger partial charge in [-0.1, -0.05) is 24.3 Å². The Balaban J connectivity index is 1.78. The van der Waals surface area contributed by atoms with Crippen LogP contribution in [0, 0.1) is 6.92 Å². The summed E-state index contributed by atoms with van der Waals surface area (Å²) >= 11 is 0. The Hall–Kier alpha value is -2.90. The highest BCUT2D eigenvalue weighted by Gasteiger charge is 2.14. The Bertz CT molecular complexity index is 1120. The van der Waals surface area contributed by atoms with E-state index >= 15 is 0 Å². The average Bonchev–Trinajstić information content (AvgIpc) is 2.64. The number of methoxy groups -OCH3 is 1. The zero-order chi connectivity index (χ0) is 19.6. The van der Waals surface area contributed by atoms with Gasteiger partial charge in [0.25, 0.3) is 5.91 Å². The van der Waals surface area contributed by atoms with Gasteiger partial charge in [-0.2, -0.15) is 0 Å². The van der Waals surface area contributed by atoms with Gasteiger partial charge in [0.15, 0.2) is 0 Å². The lowest BCUT2D eigenvalue weighted by Gasteiger charge is -2.10. The zero-order valence-electron chi connectivity index (χ0n) is 15.0. The molecule has 3 rings (SSSR count). The number of fused-ring (bicyclic) bond motifs is 1. The van der Waals surface area contributed by atoms with Crippen molar-refractivity contribution in [1.29, 1.82) is 0 Å². The molecule has 3 N–H and O–H groups in total. The molecule has 3 aromatic rings. The van der Waals surface area contributed by atoms with Crippen LogP contribution in [0.1, 0.15) is 21.5 Å². The fraction of sp³-hybridized carbons (Fsp3) is 0.150. The summed E-state index contributed by atoms with van der Waals surface area (Å²) in [6, 6.07) is 15.9. The normalized spacial score (nSPS) is 11.4. The van der Waals surface area contributed by atoms with Crippen LogP contribution < -0.4 is 15.2 Å². The average molecular weight is 384 g/mol. The van der Waals surface area contributed by atoms with E-state index in [1.807, 2.05) is 36.4 Å². The molecule has 3 aromatic carbocycles. The molecule has 1 amide bonds. The predicted octanol–water partition coefficient (Wildman–Crippen LogP) is 2.73. The molecule has 0 bridgehead atoms.